The van der Waals surface area contributed by atoms with Crippen LogP contribution in [0.3, 0.4) is 0 Å². The Balaban J connectivity index is 2.76. The molecule has 0 bridgehead atoms. The lowest BCUT2D eigenvalue weighted by Gasteiger charge is -2.06. The summed E-state index contributed by atoms with van der Waals surface area (Å²) >= 11 is 0. The fourth-order valence-electron chi connectivity index (χ4n) is 0.841. The molecule has 0 radical (unpaired) electrons. The molecule has 1 rings (SSSR count). The van der Waals surface area contributed by atoms with Crippen molar-refractivity contribution in [3.63, 3.8) is 0 Å². The lowest BCUT2D eigenvalue weighted by Crippen LogP contribution is -2.13. The van der Waals surface area contributed by atoms with Gasteiger partial charge in [0.15, 0.2) is 0 Å². The zero-order valence-electron chi connectivity index (χ0n) is 8.28. The van der Waals surface area contributed by atoms with Crippen molar-refractivity contribution in [3.8, 4) is 6.01 Å². The number of carbonyl (C=O) groups is 1. The van der Waals surface area contributed by atoms with E-state index in [1.165, 1.54) is 0 Å². The molecule has 0 aliphatic rings. The number of nitrogens with zero attached hydrogens (tertiary/aromatic N) is 2. The second-order valence-corrected chi connectivity index (χ2v) is 3.09. The third-order valence-electron chi connectivity index (χ3n) is 1.45. The standard InChI is InChI=1S/C9H10F2N2O2/c1-5(2)15-9-12-3-6(4-13-9)7(14)8(10)11/h3-5,8H,1-2H3. The molecule has 82 valence electrons. The Kier molecular flexibility index (Phi) is 3.65. The SMILES string of the molecule is CC(C)Oc1ncc(C(=O)C(F)F)cn1. The van der Waals surface area contributed by atoms with Gasteiger partial charge in [0.25, 0.3) is 0 Å². The van der Waals surface area contributed by atoms with E-state index in [0.29, 0.717) is 0 Å². The molecule has 1 heterocycles. The molecule has 1 aromatic heterocycles. The molecule has 0 saturated heterocycles. The van der Waals surface area contributed by atoms with Crippen molar-refractivity contribution >= 4 is 5.78 Å². The fourth-order valence-corrected chi connectivity index (χ4v) is 0.841. The van der Waals surface area contributed by atoms with Gasteiger partial charge in [-0.05, 0) is 13.8 Å². The van der Waals surface area contributed by atoms with Crippen molar-refractivity contribution in [1.29, 1.82) is 0 Å². The van der Waals surface area contributed by atoms with E-state index < -0.39 is 12.2 Å². The van der Waals surface area contributed by atoms with Crippen LogP contribution >= 0.6 is 0 Å². The number of hydrogen-bond acceptors (Lipinski definition) is 4. The van der Waals surface area contributed by atoms with Gasteiger partial charge in [-0.3, -0.25) is 4.79 Å². The Hall–Kier alpha value is -1.59. The summed E-state index contributed by atoms with van der Waals surface area (Å²) in [5.74, 6) is -1.29. The van der Waals surface area contributed by atoms with Crippen molar-refractivity contribution in [2.24, 2.45) is 0 Å². The van der Waals surface area contributed by atoms with Gasteiger partial charge in [0, 0.05) is 12.4 Å². The molecule has 0 fully saturated rings. The van der Waals surface area contributed by atoms with Crippen LogP contribution in [-0.2, 0) is 0 Å². The van der Waals surface area contributed by atoms with Crippen molar-refractivity contribution < 1.29 is 18.3 Å². The van der Waals surface area contributed by atoms with Gasteiger partial charge in [0.05, 0.1) is 11.7 Å². The van der Waals surface area contributed by atoms with Gasteiger partial charge >= 0.3 is 12.4 Å². The molecule has 0 saturated carbocycles. The predicted molar refractivity (Wildman–Crippen MR) is 48.1 cm³/mol. The number of Topliss-reactive ketones (excluding diaryl/α,β-unsaturated/α-hetero) is 1. The summed E-state index contributed by atoms with van der Waals surface area (Å²) < 4.78 is 29.1. The molecular formula is C9H10F2N2O2. The molecular weight excluding hydrogens is 206 g/mol. The van der Waals surface area contributed by atoms with Gasteiger partial charge in [-0.2, -0.15) is 0 Å². The molecule has 0 atom stereocenters. The second kappa shape index (κ2) is 4.77. The molecule has 15 heavy (non-hydrogen) atoms. The van der Waals surface area contributed by atoms with Crippen LogP contribution in [0.25, 0.3) is 0 Å². The lowest BCUT2D eigenvalue weighted by molar-refractivity contribution is 0.0677. The molecule has 0 unspecified atom stereocenters. The Bertz CT molecular complexity index is 338. The maximum atomic E-state index is 12.0. The van der Waals surface area contributed by atoms with E-state index in [-0.39, 0.29) is 17.7 Å². The minimum atomic E-state index is -3.04. The molecule has 0 spiro atoms. The number of halogens is 2. The summed E-state index contributed by atoms with van der Waals surface area (Å²) in [4.78, 5) is 18.1. The van der Waals surface area contributed by atoms with Crippen LogP contribution in [-0.4, -0.2) is 28.3 Å². The first-order valence-electron chi connectivity index (χ1n) is 4.31. The highest BCUT2D eigenvalue weighted by Gasteiger charge is 2.18. The molecule has 6 heteroatoms. The van der Waals surface area contributed by atoms with Gasteiger partial charge in [-0.1, -0.05) is 0 Å². The Labute approximate surface area is 85.3 Å². The summed E-state index contributed by atoms with van der Waals surface area (Å²) in [7, 11) is 0. The van der Waals surface area contributed by atoms with Gasteiger partial charge in [-0.15, -0.1) is 0 Å². The summed E-state index contributed by atoms with van der Waals surface area (Å²) in [6.07, 6.45) is -1.09. The van der Waals surface area contributed by atoms with Crippen molar-refractivity contribution in [2.45, 2.75) is 26.4 Å². The summed E-state index contributed by atoms with van der Waals surface area (Å²) in [6, 6.07) is 0.0656. The van der Waals surface area contributed by atoms with Crippen molar-refractivity contribution in [2.75, 3.05) is 0 Å². The largest absolute Gasteiger partial charge is 0.461 e. The minimum Gasteiger partial charge on any atom is -0.461 e. The van der Waals surface area contributed by atoms with E-state index in [9.17, 15) is 13.6 Å². The minimum absolute atomic E-state index is 0.0656. The molecule has 1 aromatic rings. The first-order valence-corrected chi connectivity index (χ1v) is 4.31. The first-order chi connectivity index (χ1) is 7.00. The molecule has 0 N–H and O–H groups in total. The summed E-state index contributed by atoms with van der Waals surface area (Å²) in [5.41, 5.74) is -0.221. The predicted octanol–water partition coefficient (Wildman–Crippen LogP) is 1.71. The number of ketones is 1. The fraction of sp³-hybridized carbons (Fsp3) is 0.444. The zero-order valence-corrected chi connectivity index (χ0v) is 8.28. The zero-order chi connectivity index (χ0) is 11.4. The lowest BCUT2D eigenvalue weighted by atomic mass is 10.2. The van der Waals surface area contributed by atoms with Crippen LogP contribution < -0.4 is 4.74 Å². The Morgan fingerprint density at radius 2 is 1.87 bits per heavy atom. The van der Waals surface area contributed by atoms with Gasteiger partial charge < -0.3 is 4.74 Å². The number of hydrogen-bond donors (Lipinski definition) is 0. The topological polar surface area (TPSA) is 52.1 Å². The maximum Gasteiger partial charge on any atom is 0.316 e. The number of aromatic nitrogens is 2. The summed E-state index contributed by atoms with van der Waals surface area (Å²) in [6.45, 7) is 3.56. The van der Waals surface area contributed by atoms with E-state index in [2.05, 4.69) is 9.97 Å². The van der Waals surface area contributed by atoms with Gasteiger partial charge in [0.1, 0.15) is 0 Å². The van der Waals surface area contributed by atoms with Crippen LogP contribution in [0.4, 0.5) is 8.78 Å². The van der Waals surface area contributed by atoms with E-state index >= 15 is 0 Å². The average molecular weight is 216 g/mol. The van der Waals surface area contributed by atoms with Gasteiger partial charge in [0.2, 0.25) is 5.78 Å². The van der Waals surface area contributed by atoms with E-state index in [1.807, 2.05) is 0 Å². The highest BCUT2D eigenvalue weighted by Crippen LogP contribution is 2.08. The van der Waals surface area contributed by atoms with E-state index in [4.69, 9.17) is 4.74 Å². The number of alkyl halides is 2. The molecule has 0 aromatic carbocycles. The molecule has 4 nitrogen and oxygen atoms in total. The van der Waals surface area contributed by atoms with E-state index in [1.54, 1.807) is 13.8 Å². The van der Waals surface area contributed by atoms with Crippen LogP contribution in [0.2, 0.25) is 0 Å². The number of ether oxygens (including phenoxy) is 1. The van der Waals surface area contributed by atoms with Gasteiger partial charge in [-0.25, -0.2) is 18.7 Å². The van der Waals surface area contributed by atoms with Crippen molar-refractivity contribution in [3.05, 3.63) is 18.0 Å². The Morgan fingerprint density at radius 1 is 1.33 bits per heavy atom. The quantitative estimate of drug-likeness (QED) is 0.719. The number of rotatable bonds is 4. The van der Waals surface area contributed by atoms with Crippen LogP contribution in [0.15, 0.2) is 12.4 Å². The highest BCUT2D eigenvalue weighted by atomic mass is 19.3. The highest BCUT2D eigenvalue weighted by molar-refractivity contribution is 5.97. The van der Waals surface area contributed by atoms with E-state index in [0.717, 1.165) is 12.4 Å². The van der Waals surface area contributed by atoms with Crippen LogP contribution in [0, 0.1) is 0 Å². The summed E-state index contributed by atoms with van der Waals surface area (Å²) in [5, 5.41) is 0. The monoisotopic (exact) mass is 216 g/mol. The second-order valence-electron chi connectivity index (χ2n) is 3.09. The molecule has 0 aliphatic carbocycles. The average Bonchev–Trinajstić information content (AvgIpc) is 2.17. The van der Waals surface area contributed by atoms with Crippen molar-refractivity contribution in [1.82, 2.24) is 9.97 Å². The third kappa shape index (κ3) is 3.23. The maximum absolute atomic E-state index is 12.0. The number of carbonyl (C=O) groups excluding carboxylic acids is 1. The third-order valence-corrected chi connectivity index (χ3v) is 1.45. The molecule has 0 aliphatic heterocycles. The van der Waals surface area contributed by atoms with Crippen LogP contribution in [0.5, 0.6) is 6.01 Å². The molecule has 0 amide bonds. The smallest absolute Gasteiger partial charge is 0.316 e. The normalized spacial score (nSPS) is 10.8. The Morgan fingerprint density at radius 3 is 2.27 bits per heavy atom. The van der Waals surface area contributed by atoms with Crippen LogP contribution in [0.1, 0.15) is 24.2 Å². The first kappa shape index (κ1) is 11.5.